The summed E-state index contributed by atoms with van der Waals surface area (Å²) in [7, 11) is 1.77. The number of carbonyl (C=O) groups excluding carboxylic acids is 1. The summed E-state index contributed by atoms with van der Waals surface area (Å²) in [5.41, 5.74) is 2.58. The molecular weight excluding hydrogens is 272 g/mol. The quantitative estimate of drug-likeness (QED) is 0.920. The standard InChI is InChI=1S/C14H16N4OS/c1-15-14-17-16-12(20-14)13(19)18-8-4-7-10-5-2-3-6-11(10)9-18/h2-3,5-6H,4,7-9H2,1H3,(H,15,17). The smallest absolute Gasteiger partial charge is 0.285 e. The van der Waals surface area contributed by atoms with Gasteiger partial charge in [-0.2, -0.15) is 0 Å². The zero-order valence-corrected chi connectivity index (χ0v) is 12.1. The summed E-state index contributed by atoms with van der Waals surface area (Å²) in [4.78, 5) is 14.4. The summed E-state index contributed by atoms with van der Waals surface area (Å²) in [6, 6.07) is 8.32. The Balaban J connectivity index is 1.82. The Morgan fingerprint density at radius 1 is 1.30 bits per heavy atom. The highest BCUT2D eigenvalue weighted by Gasteiger charge is 2.22. The van der Waals surface area contributed by atoms with Crippen molar-refractivity contribution in [2.75, 3.05) is 18.9 Å². The van der Waals surface area contributed by atoms with Gasteiger partial charge >= 0.3 is 0 Å². The van der Waals surface area contributed by atoms with Gasteiger partial charge in [-0.1, -0.05) is 35.6 Å². The first-order valence-corrected chi connectivity index (χ1v) is 7.47. The van der Waals surface area contributed by atoms with Crippen LogP contribution in [-0.4, -0.2) is 34.6 Å². The van der Waals surface area contributed by atoms with Crippen LogP contribution in [0.5, 0.6) is 0 Å². The third kappa shape index (κ3) is 2.51. The number of carbonyl (C=O) groups is 1. The average molecular weight is 288 g/mol. The molecule has 5 nitrogen and oxygen atoms in total. The first kappa shape index (κ1) is 13.1. The molecule has 0 saturated heterocycles. The van der Waals surface area contributed by atoms with Gasteiger partial charge in [-0.25, -0.2) is 0 Å². The van der Waals surface area contributed by atoms with Crippen LogP contribution in [0, 0.1) is 0 Å². The molecular formula is C14H16N4OS. The number of nitrogens with one attached hydrogen (secondary N) is 1. The van der Waals surface area contributed by atoms with Crippen LogP contribution in [0.1, 0.15) is 27.3 Å². The van der Waals surface area contributed by atoms with Crippen LogP contribution in [0.15, 0.2) is 24.3 Å². The van der Waals surface area contributed by atoms with Gasteiger partial charge in [0, 0.05) is 20.1 Å². The number of anilines is 1. The van der Waals surface area contributed by atoms with Crippen molar-refractivity contribution in [3.63, 3.8) is 0 Å². The van der Waals surface area contributed by atoms with Gasteiger partial charge in [-0.15, -0.1) is 10.2 Å². The van der Waals surface area contributed by atoms with Crippen molar-refractivity contribution in [1.29, 1.82) is 0 Å². The van der Waals surface area contributed by atoms with E-state index in [-0.39, 0.29) is 5.91 Å². The summed E-state index contributed by atoms with van der Waals surface area (Å²) in [6.07, 6.45) is 2.01. The van der Waals surface area contributed by atoms with Crippen molar-refractivity contribution in [2.45, 2.75) is 19.4 Å². The average Bonchev–Trinajstić information content (AvgIpc) is 2.85. The molecule has 1 aromatic heterocycles. The number of hydrogen-bond donors (Lipinski definition) is 1. The summed E-state index contributed by atoms with van der Waals surface area (Å²) in [5.74, 6) is -0.0271. The molecule has 2 heterocycles. The lowest BCUT2D eigenvalue weighted by Gasteiger charge is -2.19. The Kier molecular flexibility index (Phi) is 3.64. The molecule has 2 aromatic rings. The number of hydrogen-bond acceptors (Lipinski definition) is 5. The number of aromatic nitrogens is 2. The number of amides is 1. The molecule has 1 N–H and O–H groups in total. The van der Waals surface area contributed by atoms with Crippen molar-refractivity contribution >= 4 is 22.4 Å². The van der Waals surface area contributed by atoms with Gasteiger partial charge in [0.1, 0.15) is 0 Å². The third-order valence-electron chi connectivity index (χ3n) is 3.46. The monoisotopic (exact) mass is 288 g/mol. The number of aryl methyl sites for hydroxylation is 1. The molecule has 1 amide bonds. The fraction of sp³-hybridized carbons (Fsp3) is 0.357. The van der Waals surface area contributed by atoms with Crippen molar-refractivity contribution in [3.05, 3.63) is 40.4 Å². The Morgan fingerprint density at radius 3 is 2.85 bits per heavy atom. The van der Waals surface area contributed by atoms with Crippen molar-refractivity contribution in [1.82, 2.24) is 15.1 Å². The lowest BCUT2D eigenvalue weighted by atomic mass is 10.0. The first-order chi connectivity index (χ1) is 9.78. The molecule has 0 saturated carbocycles. The Labute approximate surface area is 121 Å². The lowest BCUT2D eigenvalue weighted by Crippen LogP contribution is -2.30. The van der Waals surface area contributed by atoms with Crippen LogP contribution in [-0.2, 0) is 13.0 Å². The number of fused-ring (bicyclic) bond motifs is 1. The highest BCUT2D eigenvalue weighted by molar-refractivity contribution is 7.17. The number of benzene rings is 1. The van der Waals surface area contributed by atoms with Crippen molar-refractivity contribution < 1.29 is 4.79 Å². The topological polar surface area (TPSA) is 58.1 Å². The highest BCUT2D eigenvalue weighted by atomic mass is 32.1. The predicted octanol–water partition coefficient (Wildman–Crippen LogP) is 2.17. The lowest BCUT2D eigenvalue weighted by molar-refractivity contribution is 0.0744. The van der Waals surface area contributed by atoms with E-state index < -0.39 is 0 Å². The fourth-order valence-corrected chi connectivity index (χ4v) is 3.08. The fourth-order valence-electron chi connectivity index (χ4n) is 2.42. The number of nitrogens with zero attached hydrogens (tertiary/aromatic N) is 3. The summed E-state index contributed by atoms with van der Waals surface area (Å²) < 4.78 is 0. The molecule has 0 fully saturated rings. The Bertz CT molecular complexity index is 625. The normalized spacial score (nSPS) is 14.6. The van der Waals surface area contributed by atoms with Gasteiger partial charge in [0.25, 0.3) is 5.91 Å². The SMILES string of the molecule is CNc1nnc(C(=O)N2CCCc3ccccc3C2)s1. The predicted molar refractivity (Wildman–Crippen MR) is 79.0 cm³/mol. The molecule has 104 valence electrons. The molecule has 0 aliphatic carbocycles. The Hall–Kier alpha value is -1.95. The van der Waals surface area contributed by atoms with Crippen LogP contribution < -0.4 is 5.32 Å². The van der Waals surface area contributed by atoms with E-state index in [4.69, 9.17) is 0 Å². The molecule has 1 aliphatic rings. The van der Waals surface area contributed by atoms with Crippen LogP contribution in [0.25, 0.3) is 0 Å². The molecule has 1 aromatic carbocycles. The molecule has 0 unspecified atom stereocenters. The number of rotatable bonds is 2. The van der Waals surface area contributed by atoms with E-state index in [1.807, 2.05) is 11.0 Å². The minimum Gasteiger partial charge on any atom is -0.363 e. The van der Waals surface area contributed by atoms with Gasteiger partial charge in [-0.3, -0.25) is 4.79 Å². The van der Waals surface area contributed by atoms with E-state index in [0.29, 0.717) is 16.7 Å². The first-order valence-electron chi connectivity index (χ1n) is 6.65. The van der Waals surface area contributed by atoms with Gasteiger partial charge in [0.15, 0.2) is 0 Å². The van der Waals surface area contributed by atoms with Crippen LogP contribution in [0.4, 0.5) is 5.13 Å². The molecule has 0 spiro atoms. The van der Waals surface area contributed by atoms with E-state index in [1.54, 1.807) is 7.05 Å². The van der Waals surface area contributed by atoms with E-state index in [2.05, 4.69) is 33.7 Å². The van der Waals surface area contributed by atoms with E-state index in [0.717, 1.165) is 19.4 Å². The molecule has 0 bridgehead atoms. The van der Waals surface area contributed by atoms with E-state index in [9.17, 15) is 4.79 Å². The van der Waals surface area contributed by atoms with E-state index >= 15 is 0 Å². The molecule has 1 aliphatic heterocycles. The van der Waals surface area contributed by atoms with Crippen LogP contribution in [0.2, 0.25) is 0 Å². The molecule has 0 atom stereocenters. The molecule has 3 rings (SSSR count). The van der Waals surface area contributed by atoms with Crippen LogP contribution in [0.3, 0.4) is 0 Å². The second-order valence-corrected chi connectivity index (χ2v) is 5.74. The zero-order chi connectivity index (χ0) is 13.9. The van der Waals surface area contributed by atoms with Gasteiger partial charge in [0.2, 0.25) is 10.1 Å². The van der Waals surface area contributed by atoms with E-state index in [1.165, 1.54) is 22.5 Å². The summed E-state index contributed by atoms with van der Waals surface area (Å²) in [5, 5.41) is 11.9. The molecule has 20 heavy (non-hydrogen) atoms. The molecule has 6 heteroatoms. The third-order valence-corrected chi connectivity index (χ3v) is 4.39. The second-order valence-electron chi connectivity index (χ2n) is 4.76. The zero-order valence-electron chi connectivity index (χ0n) is 11.3. The maximum absolute atomic E-state index is 12.5. The Morgan fingerprint density at radius 2 is 2.10 bits per heavy atom. The van der Waals surface area contributed by atoms with Gasteiger partial charge < -0.3 is 10.2 Å². The maximum Gasteiger partial charge on any atom is 0.285 e. The second kappa shape index (κ2) is 5.58. The minimum absolute atomic E-state index is 0.0271. The summed E-state index contributed by atoms with van der Waals surface area (Å²) in [6.45, 7) is 1.42. The van der Waals surface area contributed by atoms with Crippen LogP contribution >= 0.6 is 11.3 Å². The highest BCUT2D eigenvalue weighted by Crippen LogP contribution is 2.22. The van der Waals surface area contributed by atoms with Gasteiger partial charge in [0.05, 0.1) is 0 Å². The summed E-state index contributed by atoms with van der Waals surface area (Å²) >= 11 is 1.30. The largest absolute Gasteiger partial charge is 0.363 e. The van der Waals surface area contributed by atoms with Gasteiger partial charge in [-0.05, 0) is 24.0 Å². The minimum atomic E-state index is -0.0271. The molecule has 0 radical (unpaired) electrons. The van der Waals surface area contributed by atoms with Crippen molar-refractivity contribution in [3.8, 4) is 0 Å². The van der Waals surface area contributed by atoms with Crippen molar-refractivity contribution in [2.24, 2.45) is 0 Å². The maximum atomic E-state index is 12.5.